The maximum absolute atomic E-state index is 14.4. The van der Waals surface area contributed by atoms with Gasteiger partial charge in [0.15, 0.2) is 0 Å². The molecule has 0 aliphatic carbocycles. The van der Waals surface area contributed by atoms with Crippen LogP contribution in [-0.2, 0) is 16.0 Å². The molecule has 7 nitrogen and oxygen atoms in total. The third-order valence-electron chi connectivity index (χ3n) is 5.02. The number of hydrogen-bond donors (Lipinski definition) is 0. The van der Waals surface area contributed by atoms with Crippen LogP contribution in [0, 0.1) is 5.82 Å². The molecule has 3 heterocycles. The first kappa shape index (κ1) is 18.9. The molecule has 0 saturated carbocycles. The van der Waals surface area contributed by atoms with Gasteiger partial charge in [0, 0.05) is 38.2 Å². The summed E-state index contributed by atoms with van der Waals surface area (Å²) in [7, 11) is 0. The summed E-state index contributed by atoms with van der Waals surface area (Å²) in [6, 6.07) is 6.28. The average Bonchev–Trinajstić information content (AvgIpc) is 3.08. The summed E-state index contributed by atoms with van der Waals surface area (Å²) in [4.78, 5) is 15.0. The number of ether oxygens (including phenoxy) is 3. The minimum absolute atomic E-state index is 0.0658. The Morgan fingerprint density at radius 1 is 1.29 bits per heavy atom. The van der Waals surface area contributed by atoms with E-state index in [-0.39, 0.29) is 29.5 Å². The fourth-order valence-corrected chi connectivity index (χ4v) is 3.63. The number of hydrogen-bond acceptors (Lipinski definition) is 6. The van der Waals surface area contributed by atoms with Crippen LogP contribution in [0.3, 0.4) is 0 Å². The summed E-state index contributed by atoms with van der Waals surface area (Å²) in [5, 5.41) is 4.48. The Balaban J connectivity index is 1.66. The summed E-state index contributed by atoms with van der Waals surface area (Å²) in [5.41, 5.74) is 0.720. The number of halogens is 1. The van der Waals surface area contributed by atoms with Gasteiger partial charge in [0.1, 0.15) is 23.2 Å². The highest BCUT2D eigenvalue weighted by atomic mass is 19.1. The molecule has 0 bridgehead atoms. The Hall–Kier alpha value is -2.45. The average molecular weight is 389 g/mol. The molecule has 0 N–H and O–H groups in total. The van der Waals surface area contributed by atoms with Crippen LogP contribution in [0.5, 0.6) is 5.88 Å². The lowest BCUT2D eigenvalue weighted by Gasteiger charge is -2.32. The van der Waals surface area contributed by atoms with Crippen LogP contribution in [0.2, 0.25) is 0 Å². The van der Waals surface area contributed by atoms with Crippen molar-refractivity contribution in [2.24, 2.45) is 0 Å². The van der Waals surface area contributed by atoms with Crippen molar-refractivity contribution in [3.05, 3.63) is 35.6 Å². The van der Waals surface area contributed by atoms with E-state index < -0.39 is 11.8 Å². The van der Waals surface area contributed by atoms with Crippen molar-refractivity contribution >= 4 is 5.97 Å². The van der Waals surface area contributed by atoms with E-state index in [4.69, 9.17) is 14.2 Å². The van der Waals surface area contributed by atoms with Gasteiger partial charge < -0.3 is 14.2 Å². The highest BCUT2D eigenvalue weighted by molar-refractivity contribution is 5.99. The summed E-state index contributed by atoms with van der Waals surface area (Å²) in [5.74, 6) is -0.622. The van der Waals surface area contributed by atoms with Crippen LogP contribution in [-0.4, -0.2) is 66.2 Å². The minimum Gasteiger partial charge on any atom is -0.472 e. The van der Waals surface area contributed by atoms with Gasteiger partial charge in [0.25, 0.3) is 0 Å². The number of aromatic nitrogens is 2. The Kier molecular flexibility index (Phi) is 5.59. The highest BCUT2D eigenvalue weighted by Crippen LogP contribution is 2.35. The molecule has 1 unspecified atom stereocenters. The number of morpholine rings is 1. The van der Waals surface area contributed by atoms with E-state index in [1.807, 2.05) is 0 Å². The molecule has 1 aromatic carbocycles. The van der Waals surface area contributed by atoms with Crippen molar-refractivity contribution in [3.63, 3.8) is 0 Å². The summed E-state index contributed by atoms with van der Waals surface area (Å²) in [6.45, 7) is 6.48. The summed E-state index contributed by atoms with van der Waals surface area (Å²) >= 11 is 0. The zero-order valence-corrected chi connectivity index (χ0v) is 15.9. The molecule has 2 aromatic rings. The molecule has 2 aliphatic rings. The van der Waals surface area contributed by atoms with Gasteiger partial charge in [-0.05, 0) is 19.1 Å². The molecule has 0 radical (unpaired) electrons. The van der Waals surface area contributed by atoms with E-state index in [1.54, 1.807) is 29.8 Å². The van der Waals surface area contributed by atoms with Gasteiger partial charge in [0.05, 0.1) is 19.8 Å². The van der Waals surface area contributed by atoms with E-state index in [0.29, 0.717) is 12.4 Å². The van der Waals surface area contributed by atoms with E-state index in [2.05, 4.69) is 10.00 Å². The molecule has 1 atom stereocenters. The smallest absolute Gasteiger partial charge is 0.345 e. The zero-order valence-electron chi connectivity index (χ0n) is 15.9. The number of aryl methyl sites for hydroxylation is 1. The normalized spacial score (nSPS) is 19.7. The minimum atomic E-state index is -0.547. The van der Waals surface area contributed by atoms with E-state index in [1.165, 1.54) is 6.07 Å². The molecule has 4 rings (SSSR count). The first-order chi connectivity index (χ1) is 13.7. The molecule has 8 heteroatoms. The maximum atomic E-state index is 14.4. The number of nitrogens with zero attached hydrogens (tertiary/aromatic N) is 3. The van der Waals surface area contributed by atoms with E-state index in [9.17, 15) is 9.18 Å². The number of carbonyl (C=O) groups is 1. The van der Waals surface area contributed by atoms with Crippen LogP contribution in [0.4, 0.5) is 4.39 Å². The number of rotatable bonds is 5. The quantitative estimate of drug-likeness (QED) is 0.732. The van der Waals surface area contributed by atoms with Crippen LogP contribution < -0.4 is 4.74 Å². The lowest BCUT2D eigenvalue weighted by atomic mass is 10.1. The predicted octanol–water partition coefficient (Wildman–Crippen LogP) is 2.35. The summed E-state index contributed by atoms with van der Waals surface area (Å²) < 4.78 is 32.8. The second-order valence-corrected chi connectivity index (χ2v) is 6.89. The fourth-order valence-electron chi connectivity index (χ4n) is 3.63. The number of fused-ring (bicyclic) bond motifs is 1. The molecular formula is C20H24FN3O4. The molecular weight excluding hydrogens is 365 g/mol. The fraction of sp³-hybridized carbons (Fsp3) is 0.500. The van der Waals surface area contributed by atoms with Gasteiger partial charge in [-0.15, -0.1) is 0 Å². The van der Waals surface area contributed by atoms with Crippen LogP contribution in [0.1, 0.15) is 23.7 Å². The van der Waals surface area contributed by atoms with E-state index in [0.717, 1.165) is 39.3 Å². The Bertz CT molecular complexity index is 848. The van der Waals surface area contributed by atoms with Gasteiger partial charge in [0.2, 0.25) is 5.88 Å². The maximum Gasteiger partial charge on any atom is 0.345 e. The lowest BCUT2D eigenvalue weighted by molar-refractivity contribution is 0.0104. The topological polar surface area (TPSA) is 65.8 Å². The number of carbonyl (C=O) groups excluding carboxylic acids is 1. The molecule has 150 valence electrons. The predicted molar refractivity (Wildman–Crippen MR) is 99.9 cm³/mol. The lowest BCUT2D eigenvalue weighted by Crippen LogP contribution is -2.44. The molecule has 2 aliphatic heterocycles. The molecule has 1 aromatic heterocycles. The van der Waals surface area contributed by atoms with Crippen molar-refractivity contribution in [1.29, 1.82) is 0 Å². The third-order valence-corrected chi connectivity index (χ3v) is 5.02. The molecule has 0 amide bonds. The van der Waals surface area contributed by atoms with Gasteiger partial charge in [-0.25, -0.2) is 13.9 Å². The van der Waals surface area contributed by atoms with Crippen LogP contribution >= 0.6 is 0 Å². The molecule has 0 spiro atoms. The van der Waals surface area contributed by atoms with Crippen LogP contribution in [0.15, 0.2) is 24.3 Å². The summed E-state index contributed by atoms with van der Waals surface area (Å²) in [6.07, 6.45) is 0.703. The Labute approximate surface area is 163 Å². The standard InChI is InChI=1S/C20H24FN3O4/c1-2-27-20(25)17-18(15-5-3-4-6-16(15)21)22-24-8-7-14(28-19(17)24)13-23-9-11-26-12-10-23/h3-6,14H,2,7-13H2,1H3. The first-order valence-corrected chi connectivity index (χ1v) is 9.67. The van der Waals surface area contributed by atoms with Crippen molar-refractivity contribution in [1.82, 2.24) is 14.7 Å². The number of esters is 1. The molecule has 1 fully saturated rings. The van der Waals surface area contributed by atoms with E-state index >= 15 is 0 Å². The highest BCUT2D eigenvalue weighted by Gasteiger charge is 2.33. The second-order valence-electron chi connectivity index (χ2n) is 6.89. The van der Waals surface area contributed by atoms with Crippen molar-refractivity contribution in [2.75, 3.05) is 39.5 Å². The third kappa shape index (κ3) is 3.74. The monoisotopic (exact) mass is 389 g/mol. The van der Waals surface area contributed by atoms with Crippen LogP contribution in [0.25, 0.3) is 11.3 Å². The largest absolute Gasteiger partial charge is 0.472 e. The Morgan fingerprint density at radius 2 is 2.07 bits per heavy atom. The van der Waals surface area contributed by atoms with Crippen molar-refractivity contribution in [2.45, 2.75) is 26.0 Å². The first-order valence-electron chi connectivity index (χ1n) is 9.67. The van der Waals surface area contributed by atoms with Crippen molar-refractivity contribution < 1.29 is 23.4 Å². The molecule has 1 saturated heterocycles. The SMILES string of the molecule is CCOC(=O)c1c(-c2ccccc2F)nn2c1OC(CN1CCOCC1)CC2. The van der Waals surface area contributed by atoms with Crippen molar-refractivity contribution in [3.8, 4) is 17.1 Å². The second kappa shape index (κ2) is 8.28. The van der Waals surface area contributed by atoms with Gasteiger partial charge >= 0.3 is 5.97 Å². The Morgan fingerprint density at radius 3 is 2.82 bits per heavy atom. The molecule has 28 heavy (non-hydrogen) atoms. The van der Waals surface area contributed by atoms with Gasteiger partial charge in [-0.2, -0.15) is 5.10 Å². The zero-order chi connectivity index (χ0) is 19.5. The van der Waals surface area contributed by atoms with Gasteiger partial charge in [-0.3, -0.25) is 4.90 Å². The van der Waals surface area contributed by atoms with Gasteiger partial charge in [-0.1, -0.05) is 12.1 Å². The number of benzene rings is 1.